The van der Waals surface area contributed by atoms with Crippen molar-refractivity contribution in [2.45, 2.75) is 27.0 Å². The molecule has 0 spiro atoms. The number of ether oxygens (including phenoxy) is 1. The summed E-state index contributed by atoms with van der Waals surface area (Å²) in [5.74, 6) is 2.14. The molecule has 1 aromatic heterocycles. The van der Waals surface area contributed by atoms with Crippen LogP contribution >= 0.6 is 28.1 Å². The Morgan fingerprint density at radius 1 is 1.22 bits per heavy atom. The second-order valence-electron chi connectivity index (χ2n) is 5.89. The summed E-state index contributed by atoms with van der Waals surface area (Å²) >= 11 is 8.77. The average molecular weight is 392 g/mol. The lowest BCUT2D eigenvalue weighted by atomic mass is 10.1. The SMILES string of the molecule is CC(C)Cn1c(COc2ccc3cc(Br)ccc3c2)n[nH]c1=S. The molecule has 2 aromatic carbocycles. The van der Waals surface area contributed by atoms with Gasteiger partial charge in [0, 0.05) is 11.0 Å². The van der Waals surface area contributed by atoms with Crippen molar-refractivity contribution in [2.75, 3.05) is 0 Å². The molecular weight excluding hydrogens is 374 g/mol. The number of hydrogen-bond acceptors (Lipinski definition) is 3. The van der Waals surface area contributed by atoms with Crippen LogP contribution in [0, 0.1) is 10.7 Å². The zero-order valence-corrected chi connectivity index (χ0v) is 15.4. The Kier molecular flexibility index (Phi) is 4.82. The van der Waals surface area contributed by atoms with Crippen molar-refractivity contribution in [1.82, 2.24) is 14.8 Å². The minimum atomic E-state index is 0.391. The van der Waals surface area contributed by atoms with Crippen LogP contribution in [-0.2, 0) is 13.2 Å². The highest BCUT2D eigenvalue weighted by atomic mass is 79.9. The molecule has 120 valence electrons. The lowest BCUT2D eigenvalue weighted by Crippen LogP contribution is -2.11. The van der Waals surface area contributed by atoms with Crippen molar-refractivity contribution in [3.63, 3.8) is 0 Å². The summed E-state index contributed by atoms with van der Waals surface area (Å²) in [6.07, 6.45) is 0. The van der Waals surface area contributed by atoms with Gasteiger partial charge in [-0.15, -0.1) is 0 Å². The number of nitrogens with one attached hydrogen (secondary N) is 1. The number of aromatic nitrogens is 3. The predicted octanol–water partition coefficient (Wildman–Crippen LogP) is 5.09. The number of fused-ring (bicyclic) bond motifs is 1. The summed E-state index contributed by atoms with van der Waals surface area (Å²) in [5, 5.41) is 9.44. The summed E-state index contributed by atoms with van der Waals surface area (Å²) in [6.45, 7) is 5.53. The molecule has 3 aromatic rings. The maximum absolute atomic E-state index is 5.90. The molecule has 0 fully saturated rings. The van der Waals surface area contributed by atoms with E-state index in [0.29, 0.717) is 17.3 Å². The van der Waals surface area contributed by atoms with E-state index in [-0.39, 0.29) is 0 Å². The number of rotatable bonds is 5. The topological polar surface area (TPSA) is 42.8 Å². The maximum Gasteiger partial charge on any atom is 0.195 e. The van der Waals surface area contributed by atoms with Crippen LogP contribution in [0.25, 0.3) is 10.8 Å². The van der Waals surface area contributed by atoms with Gasteiger partial charge in [0.1, 0.15) is 12.4 Å². The van der Waals surface area contributed by atoms with E-state index in [4.69, 9.17) is 17.0 Å². The molecule has 3 rings (SSSR count). The summed E-state index contributed by atoms with van der Waals surface area (Å²) in [6, 6.07) is 12.3. The first-order valence-corrected chi connectivity index (χ1v) is 8.69. The van der Waals surface area contributed by atoms with Crippen LogP contribution in [0.4, 0.5) is 0 Å². The fourth-order valence-corrected chi connectivity index (χ4v) is 3.05. The van der Waals surface area contributed by atoms with Crippen molar-refractivity contribution >= 4 is 38.9 Å². The Balaban J connectivity index is 1.78. The minimum Gasteiger partial charge on any atom is -0.486 e. The lowest BCUT2D eigenvalue weighted by molar-refractivity contribution is 0.286. The molecule has 0 radical (unpaired) electrons. The molecule has 23 heavy (non-hydrogen) atoms. The van der Waals surface area contributed by atoms with E-state index in [0.717, 1.165) is 28.0 Å². The normalized spacial score (nSPS) is 11.3. The van der Waals surface area contributed by atoms with Gasteiger partial charge in [0.05, 0.1) is 0 Å². The van der Waals surface area contributed by atoms with Crippen molar-refractivity contribution in [3.05, 3.63) is 51.5 Å². The Labute approximate surface area is 148 Å². The largest absolute Gasteiger partial charge is 0.486 e. The van der Waals surface area contributed by atoms with Crippen LogP contribution in [0.3, 0.4) is 0 Å². The molecule has 0 bridgehead atoms. The van der Waals surface area contributed by atoms with Crippen molar-refractivity contribution in [2.24, 2.45) is 5.92 Å². The highest BCUT2D eigenvalue weighted by molar-refractivity contribution is 9.10. The van der Waals surface area contributed by atoms with E-state index >= 15 is 0 Å². The van der Waals surface area contributed by atoms with Gasteiger partial charge in [-0.3, -0.25) is 5.10 Å². The van der Waals surface area contributed by atoms with Crippen LogP contribution in [0.2, 0.25) is 0 Å². The maximum atomic E-state index is 5.90. The fraction of sp³-hybridized carbons (Fsp3) is 0.294. The molecule has 0 aliphatic carbocycles. The Morgan fingerprint density at radius 3 is 2.74 bits per heavy atom. The first kappa shape index (κ1) is 16.2. The second kappa shape index (κ2) is 6.84. The standard InChI is InChI=1S/C17H18BrN3OS/c1-11(2)9-21-16(19-20-17(21)23)10-22-15-6-4-12-7-14(18)5-3-13(12)8-15/h3-8,11H,9-10H2,1-2H3,(H,20,23). The van der Waals surface area contributed by atoms with E-state index in [1.165, 1.54) is 5.39 Å². The third-order valence-electron chi connectivity index (χ3n) is 3.53. The summed E-state index contributed by atoms with van der Waals surface area (Å²) in [7, 11) is 0. The van der Waals surface area contributed by atoms with Gasteiger partial charge in [-0.05, 0) is 53.2 Å². The lowest BCUT2D eigenvalue weighted by Gasteiger charge is -2.11. The highest BCUT2D eigenvalue weighted by Crippen LogP contribution is 2.24. The van der Waals surface area contributed by atoms with E-state index in [1.54, 1.807) is 0 Å². The van der Waals surface area contributed by atoms with E-state index in [1.807, 2.05) is 22.8 Å². The number of halogens is 1. The third-order valence-corrected chi connectivity index (χ3v) is 4.33. The van der Waals surface area contributed by atoms with Gasteiger partial charge in [0.15, 0.2) is 10.6 Å². The first-order chi connectivity index (χ1) is 11.0. The van der Waals surface area contributed by atoms with Crippen LogP contribution in [0.5, 0.6) is 5.75 Å². The Bertz CT molecular complexity index is 885. The number of H-pyrrole nitrogens is 1. The van der Waals surface area contributed by atoms with E-state index in [2.05, 4.69) is 58.2 Å². The Morgan fingerprint density at radius 2 is 1.96 bits per heavy atom. The van der Waals surface area contributed by atoms with Crippen molar-refractivity contribution in [3.8, 4) is 5.75 Å². The van der Waals surface area contributed by atoms with Crippen LogP contribution < -0.4 is 4.74 Å². The molecule has 0 saturated carbocycles. The zero-order valence-electron chi connectivity index (χ0n) is 13.0. The molecule has 4 nitrogen and oxygen atoms in total. The smallest absolute Gasteiger partial charge is 0.195 e. The van der Waals surface area contributed by atoms with Crippen LogP contribution in [-0.4, -0.2) is 14.8 Å². The average Bonchev–Trinajstić information content (AvgIpc) is 2.85. The van der Waals surface area contributed by atoms with Crippen molar-refractivity contribution < 1.29 is 4.74 Å². The molecule has 1 N–H and O–H groups in total. The predicted molar refractivity (Wildman–Crippen MR) is 98.2 cm³/mol. The molecule has 0 amide bonds. The molecule has 0 aliphatic heterocycles. The summed E-state index contributed by atoms with van der Waals surface area (Å²) in [4.78, 5) is 0. The number of aromatic amines is 1. The summed E-state index contributed by atoms with van der Waals surface area (Å²) < 4.78 is 9.61. The first-order valence-electron chi connectivity index (χ1n) is 7.49. The second-order valence-corrected chi connectivity index (χ2v) is 7.19. The van der Waals surface area contributed by atoms with Gasteiger partial charge in [0.25, 0.3) is 0 Å². The van der Waals surface area contributed by atoms with Gasteiger partial charge in [-0.1, -0.05) is 41.9 Å². The number of benzene rings is 2. The van der Waals surface area contributed by atoms with Crippen molar-refractivity contribution in [1.29, 1.82) is 0 Å². The molecule has 0 unspecified atom stereocenters. The number of hydrogen-bond donors (Lipinski definition) is 1. The van der Waals surface area contributed by atoms with E-state index < -0.39 is 0 Å². The quantitative estimate of drug-likeness (QED) is 0.615. The molecule has 1 heterocycles. The fourth-order valence-electron chi connectivity index (χ4n) is 2.45. The van der Waals surface area contributed by atoms with Gasteiger partial charge < -0.3 is 9.30 Å². The van der Waals surface area contributed by atoms with Gasteiger partial charge in [-0.2, -0.15) is 5.10 Å². The molecule has 0 atom stereocenters. The monoisotopic (exact) mass is 391 g/mol. The van der Waals surface area contributed by atoms with Crippen LogP contribution in [0.15, 0.2) is 40.9 Å². The molecule has 6 heteroatoms. The molecular formula is C17H18BrN3OS. The molecule has 0 saturated heterocycles. The van der Waals surface area contributed by atoms with E-state index in [9.17, 15) is 0 Å². The van der Waals surface area contributed by atoms with Gasteiger partial charge in [0.2, 0.25) is 0 Å². The zero-order chi connectivity index (χ0) is 16.4. The van der Waals surface area contributed by atoms with Gasteiger partial charge in [-0.25, -0.2) is 0 Å². The van der Waals surface area contributed by atoms with Crippen LogP contribution in [0.1, 0.15) is 19.7 Å². The minimum absolute atomic E-state index is 0.391. The summed E-state index contributed by atoms with van der Waals surface area (Å²) in [5.41, 5.74) is 0. The number of nitrogens with zero attached hydrogens (tertiary/aromatic N) is 2. The third kappa shape index (κ3) is 3.82. The Hall–Kier alpha value is -1.66. The highest BCUT2D eigenvalue weighted by Gasteiger charge is 2.09. The molecule has 0 aliphatic rings. The van der Waals surface area contributed by atoms with Gasteiger partial charge >= 0.3 is 0 Å².